The second kappa shape index (κ2) is 6.60. The van der Waals surface area contributed by atoms with E-state index in [9.17, 15) is 9.59 Å². The van der Waals surface area contributed by atoms with Gasteiger partial charge in [0.25, 0.3) is 5.91 Å². The van der Waals surface area contributed by atoms with Crippen LogP contribution in [-0.2, 0) is 0 Å². The van der Waals surface area contributed by atoms with Gasteiger partial charge in [0.2, 0.25) is 0 Å². The molecule has 2 fully saturated rings. The van der Waals surface area contributed by atoms with Crippen LogP contribution in [0.1, 0.15) is 10.4 Å². The smallest absolute Gasteiger partial charge is 0.317 e. The van der Waals surface area contributed by atoms with Gasteiger partial charge >= 0.3 is 6.03 Å². The Balaban J connectivity index is 1.54. The molecule has 4 heterocycles. The minimum atomic E-state index is -0.0367. The number of urea groups is 1. The van der Waals surface area contributed by atoms with Gasteiger partial charge in [0.05, 0.1) is 22.8 Å². The Hall–Kier alpha value is -3.48. The van der Waals surface area contributed by atoms with E-state index in [0.717, 1.165) is 22.2 Å². The number of hydrogen-bond acceptors (Lipinski definition) is 4. The number of piperazine rings is 1. The van der Waals surface area contributed by atoms with Gasteiger partial charge < -0.3 is 15.1 Å². The summed E-state index contributed by atoms with van der Waals surface area (Å²) in [5, 5.41) is 3.69. The first-order chi connectivity index (χ1) is 13.7. The molecule has 7 heteroatoms. The molecular weight excluding hydrogens is 354 g/mol. The molecule has 3 aromatic rings. The summed E-state index contributed by atoms with van der Waals surface area (Å²) in [6.07, 6.45) is 3.47. The number of amides is 3. The molecule has 1 aromatic carbocycles. The lowest BCUT2D eigenvalue weighted by atomic mass is 10.0. The molecule has 1 N–H and O–H groups in total. The van der Waals surface area contributed by atoms with Gasteiger partial charge in [0.15, 0.2) is 0 Å². The van der Waals surface area contributed by atoms with E-state index in [2.05, 4.69) is 10.3 Å². The van der Waals surface area contributed by atoms with Crippen LogP contribution in [0.2, 0.25) is 0 Å². The standard InChI is InChI=1S/C21H19N5O2/c27-20(25-8-9-26-15(13-25)12-23-21(26)28)17-10-19(14-4-3-7-22-11-14)24-18-6-2-1-5-16(17)18/h1-7,10-11,15H,8-9,12-13H2,(H,23,28). The summed E-state index contributed by atoms with van der Waals surface area (Å²) in [6.45, 7) is 2.21. The van der Waals surface area contributed by atoms with E-state index >= 15 is 0 Å². The Morgan fingerprint density at radius 3 is 2.89 bits per heavy atom. The van der Waals surface area contributed by atoms with E-state index in [-0.39, 0.29) is 18.0 Å². The second-order valence-electron chi connectivity index (χ2n) is 7.10. The van der Waals surface area contributed by atoms with Gasteiger partial charge in [-0.3, -0.25) is 9.78 Å². The summed E-state index contributed by atoms with van der Waals surface area (Å²) in [5.41, 5.74) is 3.02. The van der Waals surface area contributed by atoms with Crippen molar-refractivity contribution in [2.24, 2.45) is 0 Å². The molecule has 0 aliphatic carbocycles. The summed E-state index contributed by atoms with van der Waals surface area (Å²) in [5.74, 6) is -0.0252. The first kappa shape index (κ1) is 16.7. The topological polar surface area (TPSA) is 78.4 Å². The van der Waals surface area contributed by atoms with Crippen molar-refractivity contribution in [3.05, 3.63) is 60.4 Å². The van der Waals surface area contributed by atoms with Gasteiger partial charge in [-0.15, -0.1) is 0 Å². The second-order valence-corrected chi connectivity index (χ2v) is 7.10. The number of benzene rings is 1. The number of pyridine rings is 2. The van der Waals surface area contributed by atoms with Crippen LogP contribution in [0.5, 0.6) is 0 Å². The van der Waals surface area contributed by atoms with Gasteiger partial charge in [-0.1, -0.05) is 18.2 Å². The van der Waals surface area contributed by atoms with Gasteiger partial charge in [0.1, 0.15) is 0 Å². The van der Waals surface area contributed by atoms with Gasteiger partial charge in [-0.05, 0) is 24.3 Å². The fourth-order valence-corrected chi connectivity index (χ4v) is 3.97. The van der Waals surface area contributed by atoms with Crippen LogP contribution in [0.25, 0.3) is 22.2 Å². The lowest BCUT2D eigenvalue weighted by molar-refractivity contribution is 0.0619. The highest BCUT2D eigenvalue weighted by molar-refractivity contribution is 6.07. The van der Waals surface area contributed by atoms with Crippen molar-refractivity contribution >= 4 is 22.8 Å². The average Bonchev–Trinajstić information content (AvgIpc) is 3.13. The predicted molar refractivity (Wildman–Crippen MR) is 105 cm³/mol. The number of para-hydroxylation sites is 1. The van der Waals surface area contributed by atoms with Crippen LogP contribution < -0.4 is 5.32 Å². The third-order valence-electron chi connectivity index (χ3n) is 5.42. The molecule has 1 atom stereocenters. The highest BCUT2D eigenvalue weighted by Crippen LogP contribution is 2.26. The van der Waals surface area contributed by atoms with Gasteiger partial charge in [-0.25, -0.2) is 9.78 Å². The zero-order valence-electron chi connectivity index (χ0n) is 15.2. The van der Waals surface area contributed by atoms with Crippen molar-refractivity contribution in [3.63, 3.8) is 0 Å². The molecule has 2 aliphatic heterocycles. The number of hydrogen-bond donors (Lipinski definition) is 1. The SMILES string of the molecule is O=C(c1cc(-c2cccnc2)nc2ccccc12)N1CCN2C(=O)NCC2C1. The maximum Gasteiger partial charge on any atom is 0.317 e. The number of rotatable bonds is 2. The van der Waals surface area contributed by atoms with E-state index in [1.165, 1.54) is 0 Å². The van der Waals surface area contributed by atoms with Crippen LogP contribution >= 0.6 is 0 Å². The Morgan fingerprint density at radius 2 is 2.04 bits per heavy atom. The molecule has 1 unspecified atom stereocenters. The summed E-state index contributed by atoms with van der Waals surface area (Å²) >= 11 is 0. The Kier molecular flexibility index (Phi) is 3.93. The van der Waals surface area contributed by atoms with Crippen molar-refractivity contribution in [1.29, 1.82) is 0 Å². The fraction of sp³-hybridized carbons (Fsp3) is 0.238. The van der Waals surface area contributed by atoms with Crippen LogP contribution in [0.4, 0.5) is 4.79 Å². The zero-order valence-corrected chi connectivity index (χ0v) is 15.2. The number of fused-ring (bicyclic) bond motifs is 2. The summed E-state index contributed by atoms with van der Waals surface area (Å²) in [7, 11) is 0. The first-order valence-electron chi connectivity index (χ1n) is 9.34. The molecule has 2 aromatic heterocycles. The minimum Gasteiger partial charge on any atom is -0.336 e. The number of carbonyl (C=O) groups is 2. The van der Waals surface area contributed by atoms with E-state index < -0.39 is 0 Å². The summed E-state index contributed by atoms with van der Waals surface area (Å²) in [6, 6.07) is 13.3. The minimum absolute atomic E-state index is 0.0252. The van der Waals surface area contributed by atoms with Crippen LogP contribution in [-0.4, -0.2) is 63.9 Å². The maximum absolute atomic E-state index is 13.4. The molecule has 0 radical (unpaired) electrons. The monoisotopic (exact) mass is 373 g/mol. The van der Waals surface area contributed by atoms with E-state index in [1.54, 1.807) is 12.4 Å². The molecular formula is C21H19N5O2. The van der Waals surface area contributed by atoms with Crippen molar-refractivity contribution in [2.45, 2.75) is 6.04 Å². The molecule has 0 spiro atoms. The number of aromatic nitrogens is 2. The predicted octanol–water partition coefficient (Wildman–Crippen LogP) is 2.15. The summed E-state index contributed by atoms with van der Waals surface area (Å²) < 4.78 is 0. The Morgan fingerprint density at radius 1 is 1.14 bits per heavy atom. The van der Waals surface area contributed by atoms with Gasteiger partial charge in [-0.2, -0.15) is 0 Å². The van der Waals surface area contributed by atoms with E-state index in [0.29, 0.717) is 31.7 Å². The Bertz CT molecular complexity index is 1070. The molecule has 3 amide bonds. The van der Waals surface area contributed by atoms with Crippen molar-refractivity contribution < 1.29 is 9.59 Å². The lowest BCUT2D eigenvalue weighted by Crippen LogP contribution is -2.53. The van der Waals surface area contributed by atoms with Gasteiger partial charge in [0, 0.05) is 49.5 Å². The lowest BCUT2D eigenvalue weighted by Gasteiger charge is -2.36. The zero-order chi connectivity index (χ0) is 19.1. The maximum atomic E-state index is 13.4. The summed E-state index contributed by atoms with van der Waals surface area (Å²) in [4.78, 5) is 37.8. The number of carbonyl (C=O) groups excluding carboxylic acids is 2. The molecule has 5 rings (SSSR count). The normalized spacial score (nSPS) is 18.9. The van der Waals surface area contributed by atoms with Crippen LogP contribution in [0.3, 0.4) is 0 Å². The molecule has 140 valence electrons. The largest absolute Gasteiger partial charge is 0.336 e. The highest BCUT2D eigenvalue weighted by atomic mass is 16.2. The highest BCUT2D eigenvalue weighted by Gasteiger charge is 2.37. The number of nitrogens with zero attached hydrogens (tertiary/aromatic N) is 4. The van der Waals surface area contributed by atoms with E-state index in [1.807, 2.05) is 52.3 Å². The molecule has 28 heavy (non-hydrogen) atoms. The average molecular weight is 373 g/mol. The van der Waals surface area contributed by atoms with Crippen molar-refractivity contribution in [1.82, 2.24) is 25.1 Å². The van der Waals surface area contributed by atoms with Crippen LogP contribution in [0.15, 0.2) is 54.9 Å². The fourth-order valence-electron chi connectivity index (χ4n) is 3.97. The van der Waals surface area contributed by atoms with E-state index in [4.69, 9.17) is 4.98 Å². The molecule has 0 saturated carbocycles. The number of nitrogens with one attached hydrogen (secondary N) is 1. The molecule has 2 aliphatic rings. The van der Waals surface area contributed by atoms with Crippen LogP contribution in [0, 0.1) is 0 Å². The molecule has 7 nitrogen and oxygen atoms in total. The van der Waals surface area contributed by atoms with Crippen molar-refractivity contribution in [2.75, 3.05) is 26.2 Å². The quantitative estimate of drug-likeness (QED) is 0.747. The molecule has 2 saturated heterocycles. The molecule has 0 bridgehead atoms. The van der Waals surface area contributed by atoms with Crippen molar-refractivity contribution in [3.8, 4) is 11.3 Å². The first-order valence-corrected chi connectivity index (χ1v) is 9.34. The third-order valence-corrected chi connectivity index (χ3v) is 5.42. The Labute approximate surface area is 162 Å². The third kappa shape index (κ3) is 2.76.